The Kier molecular flexibility index (Phi) is 2.50. The molecule has 0 radical (unpaired) electrons. The van der Waals surface area contributed by atoms with E-state index in [4.69, 9.17) is 5.11 Å². The molecule has 1 N–H and O–H groups in total. The monoisotopic (exact) mass is 210 g/mol. The zero-order valence-corrected chi connectivity index (χ0v) is 8.55. The van der Waals surface area contributed by atoms with Crippen LogP contribution in [0, 0.1) is 23.7 Å². The number of carbonyl (C=O) groups excluding carboxylic acids is 1. The molecule has 0 unspecified atom stereocenters. The quantitative estimate of drug-likeness (QED) is 0.547. The predicted octanol–water partition coefficient (Wildman–Crippen LogP) is 1.07. The summed E-state index contributed by atoms with van der Waals surface area (Å²) >= 11 is 0. The first-order valence-corrected chi connectivity index (χ1v) is 5.14. The molecular formula is C11H14O4. The first kappa shape index (κ1) is 10.2. The molecule has 3 rings (SSSR count). The number of carbonyl (C=O) groups is 2. The number of aliphatic carboxylic acids is 1. The zero-order valence-electron chi connectivity index (χ0n) is 8.55. The fourth-order valence-electron chi connectivity index (χ4n) is 2.79. The maximum atomic E-state index is 11.6. The Bertz CT molecular complexity index is 321. The van der Waals surface area contributed by atoms with Crippen molar-refractivity contribution in [3.8, 4) is 0 Å². The van der Waals surface area contributed by atoms with Gasteiger partial charge in [0, 0.05) is 0 Å². The zero-order chi connectivity index (χ0) is 11.0. The summed E-state index contributed by atoms with van der Waals surface area (Å²) < 4.78 is 4.69. The number of methoxy groups -OCH3 is 1. The molecule has 3 aliphatic carbocycles. The molecule has 4 atom stereocenters. The van der Waals surface area contributed by atoms with Crippen LogP contribution in [0.25, 0.3) is 0 Å². The van der Waals surface area contributed by atoms with Crippen molar-refractivity contribution in [3.63, 3.8) is 0 Å². The summed E-state index contributed by atoms with van der Waals surface area (Å²) in [5.74, 6) is -2.32. The van der Waals surface area contributed by atoms with E-state index >= 15 is 0 Å². The van der Waals surface area contributed by atoms with Gasteiger partial charge in [-0.3, -0.25) is 9.59 Å². The second-order valence-electron chi connectivity index (χ2n) is 4.20. The van der Waals surface area contributed by atoms with Gasteiger partial charge in [0.1, 0.15) is 0 Å². The molecule has 0 aliphatic heterocycles. The molecule has 82 valence electrons. The number of ether oxygens (including phenoxy) is 1. The van der Waals surface area contributed by atoms with Crippen molar-refractivity contribution in [2.75, 3.05) is 7.11 Å². The average Bonchev–Trinajstić information content (AvgIpc) is 2.28. The summed E-state index contributed by atoms with van der Waals surface area (Å²) in [6.07, 6.45) is 5.66. The molecular weight excluding hydrogens is 196 g/mol. The summed E-state index contributed by atoms with van der Waals surface area (Å²) in [5.41, 5.74) is 0. The fraction of sp³-hybridized carbons (Fsp3) is 0.636. The summed E-state index contributed by atoms with van der Waals surface area (Å²) in [7, 11) is 1.31. The average molecular weight is 210 g/mol. The minimum absolute atomic E-state index is 0.00315. The lowest BCUT2D eigenvalue weighted by molar-refractivity contribution is -0.162. The highest BCUT2D eigenvalue weighted by atomic mass is 16.5. The van der Waals surface area contributed by atoms with Gasteiger partial charge in [0.2, 0.25) is 0 Å². The second kappa shape index (κ2) is 3.68. The highest BCUT2D eigenvalue weighted by molar-refractivity contribution is 5.82. The van der Waals surface area contributed by atoms with Gasteiger partial charge in [-0.2, -0.15) is 0 Å². The maximum absolute atomic E-state index is 11.6. The molecule has 0 spiro atoms. The van der Waals surface area contributed by atoms with Gasteiger partial charge < -0.3 is 9.84 Å². The number of esters is 1. The van der Waals surface area contributed by atoms with E-state index in [2.05, 4.69) is 4.74 Å². The van der Waals surface area contributed by atoms with E-state index in [-0.39, 0.29) is 17.8 Å². The minimum atomic E-state index is -0.885. The normalized spacial score (nSPS) is 37.7. The molecule has 1 saturated carbocycles. The fourth-order valence-corrected chi connectivity index (χ4v) is 2.79. The summed E-state index contributed by atoms with van der Waals surface area (Å²) in [4.78, 5) is 22.7. The first-order valence-electron chi connectivity index (χ1n) is 5.14. The van der Waals surface area contributed by atoms with Crippen LogP contribution in [0.15, 0.2) is 12.2 Å². The molecule has 0 aromatic rings. The molecule has 0 aromatic carbocycles. The van der Waals surface area contributed by atoms with E-state index < -0.39 is 17.8 Å². The Morgan fingerprint density at radius 2 is 1.73 bits per heavy atom. The van der Waals surface area contributed by atoms with Crippen LogP contribution in [0.3, 0.4) is 0 Å². The summed E-state index contributed by atoms with van der Waals surface area (Å²) in [6.45, 7) is 0. The van der Waals surface area contributed by atoms with Gasteiger partial charge in [-0.15, -0.1) is 0 Å². The van der Waals surface area contributed by atoms with Crippen LogP contribution in [0.4, 0.5) is 0 Å². The van der Waals surface area contributed by atoms with Gasteiger partial charge in [-0.1, -0.05) is 12.2 Å². The molecule has 0 saturated heterocycles. The smallest absolute Gasteiger partial charge is 0.310 e. The van der Waals surface area contributed by atoms with Crippen molar-refractivity contribution in [1.29, 1.82) is 0 Å². The van der Waals surface area contributed by atoms with Gasteiger partial charge in [-0.05, 0) is 24.7 Å². The third kappa shape index (κ3) is 1.54. The number of carboxylic acids is 1. The Morgan fingerprint density at radius 3 is 2.13 bits per heavy atom. The van der Waals surface area contributed by atoms with E-state index in [1.807, 2.05) is 12.2 Å². The van der Waals surface area contributed by atoms with Gasteiger partial charge in [-0.25, -0.2) is 0 Å². The lowest BCUT2D eigenvalue weighted by Gasteiger charge is -2.41. The number of rotatable bonds is 2. The van der Waals surface area contributed by atoms with Crippen LogP contribution in [0.1, 0.15) is 12.8 Å². The van der Waals surface area contributed by atoms with Crippen LogP contribution in [-0.4, -0.2) is 24.2 Å². The molecule has 0 heterocycles. The van der Waals surface area contributed by atoms with Crippen LogP contribution in [0.2, 0.25) is 0 Å². The first-order chi connectivity index (χ1) is 7.15. The van der Waals surface area contributed by atoms with Gasteiger partial charge >= 0.3 is 11.9 Å². The summed E-state index contributed by atoms with van der Waals surface area (Å²) in [5, 5.41) is 9.13. The topological polar surface area (TPSA) is 63.6 Å². The van der Waals surface area contributed by atoms with Crippen LogP contribution >= 0.6 is 0 Å². The Balaban J connectivity index is 2.30. The van der Waals surface area contributed by atoms with Crippen LogP contribution in [-0.2, 0) is 14.3 Å². The van der Waals surface area contributed by atoms with Crippen molar-refractivity contribution in [2.24, 2.45) is 23.7 Å². The Hall–Kier alpha value is -1.32. The molecule has 1 fully saturated rings. The van der Waals surface area contributed by atoms with Crippen molar-refractivity contribution in [3.05, 3.63) is 12.2 Å². The molecule has 4 heteroatoms. The number of allylic oxidation sites excluding steroid dienone is 2. The molecule has 4 nitrogen and oxygen atoms in total. The van der Waals surface area contributed by atoms with Crippen molar-refractivity contribution in [1.82, 2.24) is 0 Å². The van der Waals surface area contributed by atoms with Gasteiger partial charge in [0.25, 0.3) is 0 Å². The third-order valence-electron chi connectivity index (χ3n) is 3.51. The van der Waals surface area contributed by atoms with E-state index in [1.165, 1.54) is 7.11 Å². The Labute approximate surface area is 87.9 Å². The predicted molar refractivity (Wildman–Crippen MR) is 52.0 cm³/mol. The number of fused-ring (bicyclic) bond motifs is 2. The van der Waals surface area contributed by atoms with E-state index in [0.29, 0.717) is 0 Å². The van der Waals surface area contributed by atoms with Gasteiger partial charge in [0.05, 0.1) is 18.9 Å². The lowest BCUT2D eigenvalue weighted by atomic mass is 9.62. The summed E-state index contributed by atoms with van der Waals surface area (Å²) in [6, 6.07) is 0. The van der Waals surface area contributed by atoms with Gasteiger partial charge in [0.15, 0.2) is 0 Å². The molecule has 15 heavy (non-hydrogen) atoms. The SMILES string of the molecule is COC(=O)[C@H]1[C@@H](C(=O)O)[C@@H]2C=C[C@H]1CC2. The van der Waals surface area contributed by atoms with Crippen LogP contribution < -0.4 is 0 Å². The van der Waals surface area contributed by atoms with Crippen molar-refractivity contribution in [2.45, 2.75) is 12.8 Å². The molecule has 2 bridgehead atoms. The van der Waals surface area contributed by atoms with Crippen LogP contribution in [0.5, 0.6) is 0 Å². The third-order valence-corrected chi connectivity index (χ3v) is 3.51. The lowest BCUT2D eigenvalue weighted by Crippen LogP contribution is -2.45. The standard InChI is InChI=1S/C11H14O4/c1-15-11(14)9-7-4-2-6(3-5-7)8(9)10(12)13/h2,4,6-9H,3,5H2,1H3,(H,12,13)/t6-,7+,8+,9-/m1/s1. The maximum Gasteiger partial charge on any atom is 0.310 e. The number of hydrogen-bond acceptors (Lipinski definition) is 3. The highest BCUT2D eigenvalue weighted by Gasteiger charge is 2.48. The second-order valence-corrected chi connectivity index (χ2v) is 4.20. The van der Waals surface area contributed by atoms with Crippen molar-refractivity contribution >= 4 is 11.9 Å². The molecule has 0 amide bonds. The largest absolute Gasteiger partial charge is 0.481 e. The van der Waals surface area contributed by atoms with E-state index in [1.54, 1.807) is 0 Å². The highest BCUT2D eigenvalue weighted by Crippen LogP contribution is 2.45. The Morgan fingerprint density at radius 1 is 1.20 bits per heavy atom. The van der Waals surface area contributed by atoms with E-state index in [0.717, 1.165) is 12.8 Å². The number of carboxylic acid groups (broad SMARTS) is 1. The minimum Gasteiger partial charge on any atom is -0.481 e. The number of hydrogen-bond donors (Lipinski definition) is 1. The van der Waals surface area contributed by atoms with E-state index in [9.17, 15) is 9.59 Å². The molecule has 0 aromatic heterocycles. The van der Waals surface area contributed by atoms with Crippen molar-refractivity contribution < 1.29 is 19.4 Å². The molecule has 3 aliphatic rings.